The third kappa shape index (κ3) is 4.99. The Morgan fingerprint density at radius 3 is 2.50 bits per heavy atom. The van der Waals surface area contributed by atoms with E-state index in [-0.39, 0.29) is 18.2 Å². The Balaban J connectivity index is 2.13. The number of hydrogen-bond acceptors (Lipinski definition) is 3. The summed E-state index contributed by atoms with van der Waals surface area (Å²) in [6, 6.07) is 13.9. The zero-order chi connectivity index (χ0) is 17.5. The standard InChI is InChI=1S/C18H19ClN2O3/c1-12(22)20-15(13-6-4-3-5-7-13)11-18(23)21-16-10-14(19)8-9-17(16)24-2/h3-10,15H,11H2,1-2H3,(H,20,22)(H,21,23). The van der Waals surface area contributed by atoms with Crippen molar-refractivity contribution in [3.05, 3.63) is 59.1 Å². The van der Waals surface area contributed by atoms with E-state index in [9.17, 15) is 9.59 Å². The molecule has 2 rings (SSSR count). The van der Waals surface area contributed by atoms with Gasteiger partial charge in [-0.05, 0) is 23.8 Å². The number of hydrogen-bond donors (Lipinski definition) is 2. The van der Waals surface area contributed by atoms with Gasteiger partial charge in [0.05, 0.1) is 25.3 Å². The quantitative estimate of drug-likeness (QED) is 0.840. The molecule has 2 N–H and O–H groups in total. The van der Waals surface area contributed by atoms with Gasteiger partial charge in [-0.25, -0.2) is 0 Å². The Hall–Kier alpha value is -2.53. The minimum absolute atomic E-state index is 0.0965. The monoisotopic (exact) mass is 346 g/mol. The topological polar surface area (TPSA) is 67.4 Å². The SMILES string of the molecule is COc1ccc(Cl)cc1NC(=O)CC(NC(C)=O)c1ccccc1. The second kappa shape index (κ2) is 8.36. The summed E-state index contributed by atoms with van der Waals surface area (Å²) in [7, 11) is 1.52. The maximum atomic E-state index is 12.4. The van der Waals surface area contributed by atoms with Crippen molar-refractivity contribution in [3.8, 4) is 5.75 Å². The molecule has 0 fully saturated rings. The summed E-state index contributed by atoms with van der Waals surface area (Å²) in [4.78, 5) is 23.8. The van der Waals surface area contributed by atoms with E-state index >= 15 is 0 Å². The van der Waals surface area contributed by atoms with Crippen LogP contribution in [0.15, 0.2) is 48.5 Å². The summed E-state index contributed by atoms with van der Waals surface area (Å²) in [5.74, 6) is 0.0682. The van der Waals surface area contributed by atoms with Gasteiger partial charge in [0.1, 0.15) is 5.75 Å². The smallest absolute Gasteiger partial charge is 0.226 e. The molecule has 0 spiro atoms. The van der Waals surface area contributed by atoms with E-state index in [1.54, 1.807) is 18.2 Å². The van der Waals surface area contributed by atoms with Crippen molar-refractivity contribution in [1.29, 1.82) is 0 Å². The summed E-state index contributed by atoms with van der Waals surface area (Å²) in [5, 5.41) is 6.06. The van der Waals surface area contributed by atoms with E-state index in [1.165, 1.54) is 14.0 Å². The lowest BCUT2D eigenvalue weighted by Crippen LogP contribution is -2.29. The molecule has 1 atom stereocenters. The molecule has 0 aliphatic heterocycles. The number of rotatable bonds is 6. The fourth-order valence-electron chi connectivity index (χ4n) is 2.35. The second-order valence-corrected chi connectivity index (χ2v) is 5.70. The Morgan fingerprint density at radius 2 is 1.88 bits per heavy atom. The fraction of sp³-hybridized carbons (Fsp3) is 0.222. The molecular weight excluding hydrogens is 328 g/mol. The molecule has 24 heavy (non-hydrogen) atoms. The van der Waals surface area contributed by atoms with Gasteiger partial charge in [0.15, 0.2) is 0 Å². The third-order valence-corrected chi connectivity index (χ3v) is 3.64. The zero-order valence-electron chi connectivity index (χ0n) is 13.5. The van der Waals surface area contributed by atoms with Gasteiger partial charge in [-0.3, -0.25) is 9.59 Å². The van der Waals surface area contributed by atoms with Crippen LogP contribution in [0.1, 0.15) is 24.9 Å². The summed E-state index contributed by atoms with van der Waals surface area (Å²) in [5.41, 5.74) is 1.35. The lowest BCUT2D eigenvalue weighted by atomic mass is 10.0. The number of carbonyl (C=O) groups is 2. The number of methoxy groups -OCH3 is 1. The molecule has 2 aromatic rings. The lowest BCUT2D eigenvalue weighted by molar-refractivity contribution is -0.120. The van der Waals surface area contributed by atoms with Crippen LogP contribution in [-0.2, 0) is 9.59 Å². The van der Waals surface area contributed by atoms with Crippen molar-refractivity contribution >= 4 is 29.1 Å². The van der Waals surface area contributed by atoms with Crippen LogP contribution >= 0.6 is 11.6 Å². The average molecular weight is 347 g/mol. The number of benzene rings is 2. The molecule has 0 aliphatic carbocycles. The van der Waals surface area contributed by atoms with Gasteiger partial charge >= 0.3 is 0 Å². The summed E-state index contributed by atoms with van der Waals surface area (Å²) < 4.78 is 5.21. The lowest BCUT2D eigenvalue weighted by Gasteiger charge is -2.18. The van der Waals surface area contributed by atoms with Crippen molar-refractivity contribution in [2.45, 2.75) is 19.4 Å². The molecule has 126 valence electrons. The van der Waals surface area contributed by atoms with Crippen LogP contribution in [0, 0.1) is 0 Å². The molecule has 0 radical (unpaired) electrons. The van der Waals surface area contributed by atoms with E-state index in [0.29, 0.717) is 16.5 Å². The van der Waals surface area contributed by atoms with Crippen LogP contribution in [0.3, 0.4) is 0 Å². The van der Waals surface area contributed by atoms with Crippen LogP contribution in [0.4, 0.5) is 5.69 Å². The summed E-state index contributed by atoms with van der Waals surface area (Å²) in [6.45, 7) is 1.42. The molecule has 1 unspecified atom stereocenters. The molecule has 0 heterocycles. The number of carbonyl (C=O) groups excluding carboxylic acids is 2. The van der Waals surface area contributed by atoms with Crippen molar-refractivity contribution in [2.24, 2.45) is 0 Å². The van der Waals surface area contributed by atoms with Gasteiger partial charge < -0.3 is 15.4 Å². The third-order valence-electron chi connectivity index (χ3n) is 3.40. The first-order valence-electron chi connectivity index (χ1n) is 7.45. The Kier molecular flexibility index (Phi) is 6.21. The summed E-state index contributed by atoms with van der Waals surface area (Å²) in [6.07, 6.45) is 0.0965. The maximum Gasteiger partial charge on any atom is 0.226 e. The summed E-state index contributed by atoms with van der Waals surface area (Å²) >= 11 is 5.96. The van der Waals surface area contributed by atoms with E-state index in [4.69, 9.17) is 16.3 Å². The van der Waals surface area contributed by atoms with Crippen LogP contribution in [-0.4, -0.2) is 18.9 Å². The molecule has 5 nitrogen and oxygen atoms in total. The van der Waals surface area contributed by atoms with E-state index < -0.39 is 6.04 Å². The Morgan fingerprint density at radius 1 is 1.17 bits per heavy atom. The highest BCUT2D eigenvalue weighted by Crippen LogP contribution is 2.28. The van der Waals surface area contributed by atoms with Gasteiger partial charge in [0, 0.05) is 11.9 Å². The van der Waals surface area contributed by atoms with Gasteiger partial charge in [-0.1, -0.05) is 41.9 Å². The second-order valence-electron chi connectivity index (χ2n) is 5.26. The number of anilines is 1. The van der Waals surface area contributed by atoms with Gasteiger partial charge in [-0.2, -0.15) is 0 Å². The zero-order valence-corrected chi connectivity index (χ0v) is 14.3. The van der Waals surface area contributed by atoms with Gasteiger partial charge in [0.25, 0.3) is 0 Å². The first kappa shape index (κ1) is 17.8. The number of halogens is 1. The highest BCUT2D eigenvalue weighted by molar-refractivity contribution is 6.31. The van der Waals surface area contributed by atoms with E-state index in [0.717, 1.165) is 5.56 Å². The van der Waals surface area contributed by atoms with Crippen LogP contribution in [0.2, 0.25) is 5.02 Å². The van der Waals surface area contributed by atoms with Crippen molar-refractivity contribution in [1.82, 2.24) is 5.32 Å². The molecular formula is C18H19ClN2O3. The van der Waals surface area contributed by atoms with Crippen LogP contribution < -0.4 is 15.4 Å². The highest BCUT2D eigenvalue weighted by atomic mass is 35.5. The Labute approximate surface area is 146 Å². The highest BCUT2D eigenvalue weighted by Gasteiger charge is 2.18. The number of nitrogens with one attached hydrogen (secondary N) is 2. The minimum Gasteiger partial charge on any atom is -0.495 e. The maximum absolute atomic E-state index is 12.4. The predicted molar refractivity (Wildman–Crippen MR) is 94.3 cm³/mol. The van der Waals surface area contributed by atoms with Crippen LogP contribution in [0.5, 0.6) is 5.75 Å². The minimum atomic E-state index is -0.408. The average Bonchev–Trinajstić information content (AvgIpc) is 2.55. The number of amides is 2. The van der Waals surface area contributed by atoms with Gasteiger partial charge in [-0.15, -0.1) is 0 Å². The van der Waals surface area contributed by atoms with Crippen molar-refractivity contribution in [2.75, 3.05) is 12.4 Å². The van der Waals surface area contributed by atoms with Gasteiger partial charge in [0.2, 0.25) is 11.8 Å². The Bertz CT molecular complexity index is 719. The molecule has 2 aromatic carbocycles. The normalized spacial score (nSPS) is 11.5. The molecule has 2 amide bonds. The largest absolute Gasteiger partial charge is 0.495 e. The molecule has 0 aliphatic rings. The molecule has 0 bridgehead atoms. The number of ether oxygens (including phenoxy) is 1. The first-order chi connectivity index (χ1) is 11.5. The van der Waals surface area contributed by atoms with E-state index in [1.807, 2.05) is 30.3 Å². The molecule has 0 saturated carbocycles. The molecule has 6 heteroatoms. The fourth-order valence-corrected chi connectivity index (χ4v) is 2.52. The van der Waals surface area contributed by atoms with E-state index in [2.05, 4.69) is 10.6 Å². The first-order valence-corrected chi connectivity index (χ1v) is 7.83. The van der Waals surface area contributed by atoms with Crippen molar-refractivity contribution in [3.63, 3.8) is 0 Å². The molecule has 0 saturated heterocycles. The van der Waals surface area contributed by atoms with Crippen LogP contribution in [0.25, 0.3) is 0 Å². The predicted octanol–water partition coefficient (Wildman–Crippen LogP) is 3.55. The molecule has 0 aromatic heterocycles. The van der Waals surface area contributed by atoms with Crippen molar-refractivity contribution < 1.29 is 14.3 Å².